The van der Waals surface area contributed by atoms with E-state index in [1.807, 2.05) is 0 Å². The van der Waals surface area contributed by atoms with Gasteiger partial charge in [-0.05, 0) is 55.8 Å². The molecular formula is C14H22O5S. The fraction of sp³-hybridized carbons (Fsp3) is 0.929. The van der Waals surface area contributed by atoms with Gasteiger partial charge in [-0.15, -0.1) is 0 Å². The number of hydrogen-bond acceptors (Lipinski definition) is 4. The predicted octanol–water partition coefficient (Wildman–Crippen LogP) is 2.02. The summed E-state index contributed by atoms with van der Waals surface area (Å²) in [6, 6.07) is 0. The second kappa shape index (κ2) is 4.44. The van der Waals surface area contributed by atoms with Gasteiger partial charge in [-0.2, -0.15) is 8.42 Å². The quantitative estimate of drug-likeness (QED) is 0.635. The van der Waals surface area contributed by atoms with Crippen LogP contribution in [0, 0.1) is 22.7 Å². The standard InChI is InChI=1S/C14H22O5S/c1-13-5-10-4-11(6-13)8-14(7-10,9-13)12(15)19-2-3-20(16,17)18/h10-11H,2-9H2,1H3,(H,16,17,18). The van der Waals surface area contributed by atoms with E-state index in [9.17, 15) is 13.2 Å². The Morgan fingerprint density at radius 1 is 1.25 bits per heavy atom. The molecule has 114 valence electrons. The van der Waals surface area contributed by atoms with Crippen molar-refractivity contribution in [3.05, 3.63) is 0 Å². The van der Waals surface area contributed by atoms with Crippen LogP contribution in [0.15, 0.2) is 0 Å². The molecule has 0 aromatic heterocycles. The molecule has 2 atom stereocenters. The molecule has 0 aromatic carbocycles. The number of ether oxygens (including phenoxy) is 1. The zero-order valence-corrected chi connectivity index (χ0v) is 12.6. The van der Waals surface area contributed by atoms with Crippen LogP contribution in [0.4, 0.5) is 0 Å². The minimum absolute atomic E-state index is 0.245. The molecule has 0 amide bonds. The maximum atomic E-state index is 12.4. The van der Waals surface area contributed by atoms with Crippen LogP contribution in [0.2, 0.25) is 0 Å². The van der Waals surface area contributed by atoms with E-state index in [0.29, 0.717) is 11.8 Å². The first-order chi connectivity index (χ1) is 9.20. The molecule has 4 rings (SSSR count). The van der Waals surface area contributed by atoms with Gasteiger partial charge in [-0.1, -0.05) is 6.92 Å². The molecule has 0 radical (unpaired) electrons. The molecular weight excluding hydrogens is 280 g/mol. The van der Waals surface area contributed by atoms with Crippen LogP contribution >= 0.6 is 0 Å². The molecule has 0 aliphatic heterocycles. The van der Waals surface area contributed by atoms with Crippen LogP contribution < -0.4 is 0 Å². The minimum Gasteiger partial charge on any atom is -0.464 e. The first-order valence-electron chi connectivity index (χ1n) is 7.32. The summed E-state index contributed by atoms with van der Waals surface area (Å²) >= 11 is 0. The fourth-order valence-electron chi connectivity index (χ4n) is 5.35. The molecule has 4 saturated carbocycles. The van der Waals surface area contributed by atoms with Crippen LogP contribution in [0.3, 0.4) is 0 Å². The lowest BCUT2D eigenvalue weighted by Crippen LogP contribution is -2.54. The number of hydrogen-bond donors (Lipinski definition) is 1. The van der Waals surface area contributed by atoms with Gasteiger partial charge in [0.2, 0.25) is 0 Å². The number of carbonyl (C=O) groups excluding carboxylic acids is 1. The van der Waals surface area contributed by atoms with Crippen molar-refractivity contribution < 1.29 is 22.5 Å². The van der Waals surface area contributed by atoms with Crippen molar-refractivity contribution >= 4 is 16.1 Å². The zero-order chi connectivity index (χ0) is 14.6. The third kappa shape index (κ3) is 2.60. The first kappa shape index (κ1) is 14.3. The molecule has 4 aliphatic carbocycles. The van der Waals surface area contributed by atoms with E-state index >= 15 is 0 Å². The van der Waals surface area contributed by atoms with Gasteiger partial charge in [0.25, 0.3) is 10.1 Å². The second-order valence-electron chi connectivity index (χ2n) is 7.47. The van der Waals surface area contributed by atoms with E-state index in [4.69, 9.17) is 9.29 Å². The van der Waals surface area contributed by atoms with Gasteiger partial charge in [0.1, 0.15) is 12.4 Å². The van der Waals surface area contributed by atoms with Crippen LogP contribution in [0.5, 0.6) is 0 Å². The Balaban J connectivity index is 1.68. The van der Waals surface area contributed by atoms with Gasteiger partial charge in [-0.3, -0.25) is 9.35 Å². The number of rotatable bonds is 4. The number of esters is 1. The van der Waals surface area contributed by atoms with E-state index < -0.39 is 21.3 Å². The van der Waals surface area contributed by atoms with Gasteiger partial charge < -0.3 is 4.74 Å². The maximum Gasteiger partial charge on any atom is 0.312 e. The Kier molecular flexibility index (Phi) is 3.18. The Labute approximate surface area is 119 Å². The average Bonchev–Trinajstić information content (AvgIpc) is 2.23. The summed E-state index contributed by atoms with van der Waals surface area (Å²) < 4.78 is 35.2. The van der Waals surface area contributed by atoms with E-state index in [2.05, 4.69) is 6.92 Å². The summed E-state index contributed by atoms with van der Waals surface area (Å²) in [4.78, 5) is 12.4. The van der Waals surface area contributed by atoms with E-state index in [1.54, 1.807) is 0 Å². The van der Waals surface area contributed by atoms with Crippen LogP contribution in [-0.4, -0.2) is 31.3 Å². The third-order valence-electron chi connectivity index (χ3n) is 5.36. The van der Waals surface area contributed by atoms with Crippen molar-refractivity contribution in [3.63, 3.8) is 0 Å². The first-order valence-corrected chi connectivity index (χ1v) is 8.93. The minimum atomic E-state index is -4.07. The Morgan fingerprint density at radius 3 is 2.35 bits per heavy atom. The van der Waals surface area contributed by atoms with Crippen LogP contribution in [-0.2, 0) is 19.6 Å². The molecule has 5 nitrogen and oxygen atoms in total. The molecule has 4 bridgehead atoms. The van der Waals surface area contributed by atoms with Crippen LogP contribution in [0.25, 0.3) is 0 Å². The molecule has 0 aromatic rings. The highest BCUT2D eigenvalue weighted by molar-refractivity contribution is 7.85. The summed E-state index contributed by atoms with van der Waals surface area (Å²) in [5.74, 6) is 0.478. The molecule has 1 N–H and O–H groups in total. The van der Waals surface area contributed by atoms with Crippen molar-refractivity contribution in [1.82, 2.24) is 0 Å². The van der Waals surface area contributed by atoms with E-state index in [1.165, 1.54) is 19.3 Å². The van der Waals surface area contributed by atoms with E-state index in [0.717, 1.165) is 19.3 Å². The fourth-order valence-corrected chi connectivity index (χ4v) is 5.65. The summed E-state index contributed by atoms with van der Waals surface area (Å²) in [6.07, 6.45) is 6.31. The van der Waals surface area contributed by atoms with Crippen molar-refractivity contribution in [2.45, 2.75) is 45.4 Å². The van der Waals surface area contributed by atoms with Gasteiger partial charge in [0.05, 0.1) is 5.41 Å². The molecule has 2 unspecified atom stereocenters. The second-order valence-corrected chi connectivity index (χ2v) is 9.05. The molecule has 4 fully saturated rings. The zero-order valence-electron chi connectivity index (χ0n) is 11.8. The molecule has 6 heteroatoms. The largest absolute Gasteiger partial charge is 0.464 e. The lowest BCUT2D eigenvalue weighted by atomic mass is 9.44. The van der Waals surface area contributed by atoms with Crippen molar-refractivity contribution in [3.8, 4) is 0 Å². The van der Waals surface area contributed by atoms with Gasteiger partial charge in [-0.25, -0.2) is 0 Å². The summed E-state index contributed by atoms with van der Waals surface area (Å²) in [7, 11) is -4.07. The highest BCUT2D eigenvalue weighted by Crippen LogP contribution is 2.65. The number of carbonyl (C=O) groups is 1. The third-order valence-corrected chi connectivity index (χ3v) is 6.04. The van der Waals surface area contributed by atoms with Crippen LogP contribution in [0.1, 0.15) is 45.4 Å². The molecule has 4 aliphatic rings. The van der Waals surface area contributed by atoms with Gasteiger partial charge in [0, 0.05) is 0 Å². The smallest absolute Gasteiger partial charge is 0.312 e. The summed E-state index contributed by atoms with van der Waals surface area (Å²) in [6.45, 7) is 2.02. The lowest BCUT2D eigenvalue weighted by Gasteiger charge is -2.59. The summed E-state index contributed by atoms with van der Waals surface area (Å²) in [5, 5.41) is 0. The van der Waals surface area contributed by atoms with Gasteiger partial charge in [0.15, 0.2) is 0 Å². The molecule has 0 heterocycles. The topological polar surface area (TPSA) is 80.7 Å². The van der Waals surface area contributed by atoms with Crippen molar-refractivity contribution in [2.75, 3.05) is 12.4 Å². The summed E-state index contributed by atoms with van der Waals surface area (Å²) in [5.41, 5.74) is -0.135. The Hall–Kier alpha value is -0.620. The lowest BCUT2D eigenvalue weighted by molar-refractivity contribution is -0.178. The van der Waals surface area contributed by atoms with E-state index in [-0.39, 0.29) is 18.0 Å². The molecule has 0 saturated heterocycles. The Bertz CT molecular complexity index is 510. The highest BCUT2D eigenvalue weighted by atomic mass is 32.2. The van der Waals surface area contributed by atoms with Crippen molar-refractivity contribution in [2.24, 2.45) is 22.7 Å². The normalized spacial score (nSPS) is 42.7. The monoisotopic (exact) mass is 302 g/mol. The maximum absolute atomic E-state index is 12.4. The molecule has 20 heavy (non-hydrogen) atoms. The Morgan fingerprint density at radius 2 is 1.85 bits per heavy atom. The van der Waals surface area contributed by atoms with Gasteiger partial charge >= 0.3 is 5.97 Å². The highest BCUT2D eigenvalue weighted by Gasteiger charge is 2.59. The van der Waals surface area contributed by atoms with Crippen molar-refractivity contribution in [1.29, 1.82) is 0 Å². The molecule has 0 spiro atoms. The SMILES string of the molecule is CC12CC3CC(C1)CC(C(=O)OCCS(=O)(=O)O)(C3)C2. The predicted molar refractivity (Wildman–Crippen MR) is 72.6 cm³/mol. The average molecular weight is 302 g/mol.